The van der Waals surface area contributed by atoms with Crippen LogP contribution >= 0.6 is 11.6 Å². The molecular weight excluding hydrogens is 280 g/mol. The average Bonchev–Trinajstić information content (AvgIpc) is 3.28. The number of nitrogens with zero attached hydrogens (tertiary/aromatic N) is 1. The van der Waals surface area contributed by atoms with Crippen molar-refractivity contribution in [2.24, 2.45) is 5.92 Å². The molecule has 0 aliphatic heterocycles. The minimum absolute atomic E-state index is 0.274. The van der Waals surface area contributed by atoms with E-state index in [0.29, 0.717) is 6.54 Å². The Morgan fingerprint density at radius 1 is 1.48 bits per heavy atom. The molecule has 1 aliphatic rings. The van der Waals surface area contributed by atoms with Gasteiger partial charge in [0.05, 0.1) is 6.54 Å². The molecule has 3 heteroatoms. The maximum absolute atomic E-state index is 6.48. The molecule has 114 valence electrons. The Bertz CT molecular complexity index is 502. The van der Waals surface area contributed by atoms with Crippen LogP contribution in [0.3, 0.4) is 0 Å². The molecule has 0 heterocycles. The number of nitrogens with one attached hydrogen (secondary N) is 1. The van der Waals surface area contributed by atoms with E-state index in [9.17, 15) is 0 Å². The molecule has 0 aromatic heterocycles. The Labute approximate surface area is 133 Å². The van der Waals surface area contributed by atoms with Crippen molar-refractivity contribution in [2.45, 2.75) is 39.2 Å². The van der Waals surface area contributed by atoms with Crippen molar-refractivity contribution < 1.29 is 0 Å². The monoisotopic (exact) mass is 304 g/mol. The molecule has 21 heavy (non-hydrogen) atoms. The lowest BCUT2D eigenvalue weighted by atomic mass is 10.1. The van der Waals surface area contributed by atoms with Crippen LogP contribution < -0.4 is 10.2 Å². The Kier molecular flexibility index (Phi) is 5.96. The summed E-state index contributed by atoms with van der Waals surface area (Å²) in [7, 11) is 0. The number of rotatable bonds is 8. The first kappa shape index (κ1) is 16.2. The summed E-state index contributed by atoms with van der Waals surface area (Å²) in [6.45, 7) is 7.02. The topological polar surface area (TPSA) is 15.3 Å². The number of terminal acetylenes is 1. The molecule has 1 aromatic carbocycles. The van der Waals surface area contributed by atoms with Crippen molar-refractivity contribution in [1.82, 2.24) is 5.32 Å². The number of hydrogen-bond acceptors (Lipinski definition) is 2. The zero-order valence-corrected chi connectivity index (χ0v) is 13.8. The van der Waals surface area contributed by atoms with Gasteiger partial charge >= 0.3 is 0 Å². The molecule has 1 aromatic rings. The van der Waals surface area contributed by atoms with Gasteiger partial charge in [-0.1, -0.05) is 30.5 Å². The van der Waals surface area contributed by atoms with Crippen molar-refractivity contribution in [3.8, 4) is 12.3 Å². The normalized spacial score (nSPS) is 15.5. The predicted octanol–water partition coefficient (Wildman–Crippen LogP) is 4.25. The predicted molar refractivity (Wildman–Crippen MR) is 91.9 cm³/mol. The van der Waals surface area contributed by atoms with Crippen molar-refractivity contribution >= 4 is 17.3 Å². The smallest absolute Gasteiger partial charge is 0.0791 e. The molecule has 0 radical (unpaired) electrons. The van der Waals surface area contributed by atoms with Gasteiger partial charge in [0.2, 0.25) is 0 Å². The molecule has 2 nitrogen and oxygen atoms in total. The molecule has 1 atom stereocenters. The van der Waals surface area contributed by atoms with Gasteiger partial charge in [-0.05, 0) is 56.3 Å². The zero-order chi connectivity index (χ0) is 15.2. The minimum atomic E-state index is 0.274. The molecule has 1 saturated carbocycles. The molecule has 1 unspecified atom stereocenters. The fourth-order valence-corrected chi connectivity index (χ4v) is 2.86. The second kappa shape index (κ2) is 7.73. The SMILES string of the molecule is C#CCN(CC1CC1)c1ccc(C(C)NCCC)c(Cl)c1. The van der Waals surface area contributed by atoms with Crippen molar-refractivity contribution in [1.29, 1.82) is 0 Å². The van der Waals surface area contributed by atoms with Crippen LogP contribution in [0.4, 0.5) is 5.69 Å². The number of benzene rings is 1. The van der Waals surface area contributed by atoms with E-state index in [1.54, 1.807) is 0 Å². The molecule has 1 aliphatic carbocycles. The maximum atomic E-state index is 6.48. The lowest BCUT2D eigenvalue weighted by Gasteiger charge is -2.24. The molecule has 1 N–H and O–H groups in total. The van der Waals surface area contributed by atoms with Crippen LogP contribution in [0.15, 0.2) is 18.2 Å². The molecule has 1 fully saturated rings. The standard InChI is InChI=1S/C18H25ClN2/c1-4-10-20-14(3)17-9-8-16(12-18(17)19)21(11-5-2)13-15-6-7-15/h2,8-9,12,14-15,20H,4,6-7,10-11,13H2,1,3H3. The van der Waals surface area contributed by atoms with E-state index in [0.717, 1.165) is 41.7 Å². The highest BCUT2D eigenvalue weighted by Gasteiger charge is 2.24. The number of halogens is 1. The van der Waals surface area contributed by atoms with Crippen molar-refractivity contribution in [3.05, 3.63) is 28.8 Å². The molecule has 2 rings (SSSR count). The highest BCUT2D eigenvalue weighted by Crippen LogP contribution is 2.33. The van der Waals surface area contributed by atoms with Crippen LogP contribution in [0, 0.1) is 18.3 Å². The molecule has 0 spiro atoms. The fourth-order valence-electron chi connectivity index (χ4n) is 2.52. The van der Waals surface area contributed by atoms with Gasteiger partial charge in [0.15, 0.2) is 0 Å². The molecule has 0 saturated heterocycles. The Hall–Kier alpha value is -1.17. The summed E-state index contributed by atoms with van der Waals surface area (Å²) in [5.74, 6) is 3.56. The summed E-state index contributed by atoms with van der Waals surface area (Å²) in [6, 6.07) is 6.60. The van der Waals surface area contributed by atoms with Crippen LogP contribution in [0.2, 0.25) is 5.02 Å². The summed E-state index contributed by atoms with van der Waals surface area (Å²) in [5.41, 5.74) is 2.29. The van der Waals surface area contributed by atoms with E-state index in [2.05, 4.69) is 48.2 Å². The minimum Gasteiger partial charge on any atom is -0.360 e. The summed E-state index contributed by atoms with van der Waals surface area (Å²) in [6.07, 6.45) is 9.27. The van der Waals surface area contributed by atoms with Gasteiger partial charge in [-0.25, -0.2) is 0 Å². The lowest BCUT2D eigenvalue weighted by Crippen LogP contribution is -2.26. The van der Waals surface area contributed by atoms with Gasteiger partial charge < -0.3 is 10.2 Å². The maximum Gasteiger partial charge on any atom is 0.0791 e. The Balaban J connectivity index is 2.10. The van der Waals surface area contributed by atoms with Crippen LogP contribution in [0.1, 0.15) is 44.7 Å². The average molecular weight is 305 g/mol. The molecule has 0 bridgehead atoms. The van der Waals surface area contributed by atoms with Crippen LogP contribution in [-0.4, -0.2) is 19.6 Å². The van der Waals surface area contributed by atoms with E-state index in [1.165, 1.54) is 12.8 Å². The van der Waals surface area contributed by atoms with Gasteiger partial charge in [-0.3, -0.25) is 0 Å². The quantitative estimate of drug-likeness (QED) is 0.722. The summed E-state index contributed by atoms with van der Waals surface area (Å²) >= 11 is 6.48. The lowest BCUT2D eigenvalue weighted by molar-refractivity contribution is 0.571. The Morgan fingerprint density at radius 2 is 2.24 bits per heavy atom. The third-order valence-electron chi connectivity index (χ3n) is 3.97. The fraction of sp³-hybridized carbons (Fsp3) is 0.556. The van der Waals surface area contributed by atoms with Crippen LogP contribution in [0.25, 0.3) is 0 Å². The largest absolute Gasteiger partial charge is 0.360 e. The van der Waals surface area contributed by atoms with Crippen LogP contribution in [-0.2, 0) is 0 Å². The van der Waals surface area contributed by atoms with Gasteiger partial charge in [0, 0.05) is 23.3 Å². The van der Waals surface area contributed by atoms with E-state index < -0.39 is 0 Å². The van der Waals surface area contributed by atoms with Gasteiger partial charge in [-0.2, -0.15) is 0 Å². The summed E-state index contributed by atoms with van der Waals surface area (Å²) in [4.78, 5) is 2.26. The van der Waals surface area contributed by atoms with E-state index in [4.69, 9.17) is 18.0 Å². The second-order valence-electron chi connectivity index (χ2n) is 5.91. The van der Waals surface area contributed by atoms with E-state index in [1.807, 2.05) is 0 Å². The Morgan fingerprint density at radius 3 is 2.81 bits per heavy atom. The van der Waals surface area contributed by atoms with E-state index in [-0.39, 0.29) is 6.04 Å². The second-order valence-corrected chi connectivity index (χ2v) is 6.32. The van der Waals surface area contributed by atoms with Crippen LogP contribution in [0.5, 0.6) is 0 Å². The summed E-state index contributed by atoms with van der Waals surface area (Å²) < 4.78 is 0. The third kappa shape index (κ3) is 4.66. The molecular formula is C18H25ClN2. The third-order valence-corrected chi connectivity index (χ3v) is 4.30. The number of hydrogen-bond donors (Lipinski definition) is 1. The van der Waals surface area contributed by atoms with Crippen molar-refractivity contribution in [3.63, 3.8) is 0 Å². The number of anilines is 1. The first-order valence-corrected chi connectivity index (χ1v) is 8.24. The van der Waals surface area contributed by atoms with Gasteiger partial charge in [-0.15, -0.1) is 6.42 Å². The zero-order valence-electron chi connectivity index (χ0n) is 13.0. The van der Waals surface area contributed by atoms with Gasteiger partial charge in [0.25, 0.3) is 0 Å². The van der Waals surface area contributed by atoms with E-state index >= 15 is 0 Å². The first-order valence-electron chi connectivity index (χ1n) is 7.87. The van der Waals surface area contributed by atoms with Gasteiger partial charge in [0.1, 0.15) is 0 Å². The summed E-state index contributed by atoms with van der Waals surface area (Å²) in [5, 5.41) is 4.30. The van der Waals surface area contributed by atoms with Crippen molar-refractivity contribution in [2.75, 3.05) is 24.5 Å². The highest BCUT2D eigenvalue weighted by atomic mass is 35.5. The first-order chi connectivity index (χ1) is 10.2. The molecule has 0 amide bonds. The highest BCUT2D eigenvalue weighted by molar-refractivity contribution is 6.31.